The Bertz CT molecular complexity index is 1290. The molecule has 0 bridgehead atoms. The molecule has 9 heteroatoms. The van der Waals surface area contributed by atoms with Gasteiger partial charge in [-0.25, -0.2) is 4.39 Å². The minimum atomic E-state index is -0.395. The molecule has 1 saturated carbocycles. The molecule has 39 heavy (non-hydrogen) atoms. The van der Waals surface area contributed by atoms with Gasteiger partial charge in [0.25, 0.3) is 0 Å². The molecular formula is C30H36FN5O3. The first-order chi connectivity index (χ1) is 18.9. The Kier molecular flexibility index (Phi) is 7.23. The molecule has 0 N–H and O–H groups in total. The molecule has 2 fully saturated rings. The number of carbonyl (C=O) groups is 1. The number of carbonyl (C=O) groups excluding carboxylic acids is 1. The number of ether oxygens (including phenoxy) is 1. The van der Waals surface area contributed by atoms with Crippen molar-refractivity contribution in [2.24, 2.45) is 17.8 Å². The number of amides is 1. The number of anilines is 1. The van der Waals surface area contributed by atoms with Crippen LogP contribution in [0, 0.1) is 23.6 Å². The number of piperidine rings is 1. The Morgan fingerprint density at radius 3 is 2.79 bits per heavy atom. The van der Waals surface area contributed by atoms with Gasteiger partial charge in [-0.15, -0.1) is 0 Å². The molecule has 8 nitrogen and oxygen atoms in total. The van der Waals surface area contributed by atoms with Crippen molar-refractivity contribution < 1.29 is 18.4 Å². The minimum Gasteiger partial charge on any atom is -0.493 e. The summed E-state index contributed by atoms with van der Waals surface area (Å²) in [6.45, 7) is 7.65. The number of rotatable bonds is 9. The molecule has 1 aliphatic carbocycles. The fraction of sp³-hybridized carbons (Fsp3) is 0.533. The van der Waals surface area contributed by atoms with Crippen LogP contribution in [0.25, 0.3) is 0 Å². The van der Waals surface area contributed by atoms with Crippen LogP contribution in [-0.4, -0.2) is 45.6 Å². The van der Waals surface area contributed by atoms with Crippen molar-refractivity contribution in [3.8, 4) is 5.75 Å². The quantitative estimate of drug-likeness (QED) is 0.377. The first-order valence-corrected chi connectivity index (χ1v) is 14.1. The number of hydrogen-bond donors (Lipinski definition) is 0. The molecule has 2 aliphatic heterocycles. The molecule has 206 valence electrons. The largest absolute Gasteiger partial charge is 0.493 e. The van der Waals surface area contributed by atoms with Gasteiger partial charge in [0.1, 0.15) is 11.6 Å². The van der Waals surface area contributed by atoms with Crippen molar-refractivity contribution >= 4 is 11.9 Å². The summed E-state index contributed by atoms with van der Waals surface area (Å²) in [4.78, 5) is 25.5. The molecule has 2 aromatic heterocycles. The van der Waals surface area contributed by atoms with Crippen LogP contribution in [0.15, 0.2) is 41.1 Å². The predicted molar refractivity (Wildman–Crippen MR) is 144 cm³/mol. The van der Waals surface area contributed by atoms with Crippen molar-refractivity contribution in [1.82, 2.24) is 20.0 Å². The number of benzene rings is 1. The van der Waals surface area contributed by atoms with Gasteiger partial charge < -0.3 is 19.1 Å². The number of hydrogen-bond acceptors (Lipinski definition) is 7. The zero-order chi connectivity index (χ0) is 26.9. The Balaban J connectivity index is 0.917. The fourth-order valence-corrected chi connectivity index (χ4v) is 6.03. The van der Waals surface area contributed by atoms with E-state index >= 15 is 0 Å². The topological polar surface area (TPSA) is 84.6 Å². The normalized spacial score (nSPS) is 20.9. The Labute approximate surface area is 228 Å². The standard InChI is InChI=1S/C30H36FN5O3/c1-19(2)29-33-30(39-34-29)35-11-7-20(8-12-35)25-14-21(25)9-13-38-24-6-5-22(26(31)16-24)15-28(37)36-17-23-4-3-10-32-27(23)18-36/h3-6,10,16,19-21,25H,7-9,11-15,17-18H2,1-2H3/t21-,25-/m1/s1. The average molecular weight is 534 g/mol. The molecule has 6 rings (SSSR count). The van der Waals surface area contributed by atoms with E-state index in [1.807, 2.05) is 12.1 Å². The van der Waals surface area contributed by atoms with Gasteiger partial charge in [-0.2, -0.15) is 4.98 Å². The van der Waals surface area contributed by atoms with Crippen LogP contribution < -0.4 is 9.64 Å². The Morgan fingerprint density at radius 2 is 2.05 bits per heavy atom. The zero-order valence-electron chi connectivity index (χ0n) is 22.7. The first-order valence-electron chi connectivity index (χ1n) is 14.1. The summed E-state index contributed by atoms with van der Waals surface area (Å²) in [5, 5.41) is 4.09. The Morgan fingerprint density at radius 1 is 1.21 bits per heavy atom. The number of pyridine rings is 1. The number of halogens is 1. The second-order valence-corrected chi connectivity index (χ2v) is 11.5. The average Bonchev–Trinajstić information content (AvgIpc) is 3.33. The zero-order valence-corrected chi connectivity index (χ0v) is 22.7. The second kappa shape index (κ2) is 10.9. The summed E-state index contributed by atoms with van der Waals surface area (Å²) in [5.74, 6) is 3.23. The summed E-state index contributed by atoms with van der Waals surface area (Å²) < 4.78 is 26.1. The van der Waals surface area contributed by atoms with E-state index in [1.165, 1.54) is 12.5 Å². The van der Waals surface area contributed by atoms with E-state index in [4.69, 9.17) is 9.26 Å². The molecule has 4 heterocycles. The second-order valence-electron chi connectivity index (χ2n) is 11.5. The molecule has 0 radical (unpaired) electrons. The van der Waals surface area contributed by atoms with Gasteiger partial charge in [0.15, 0.2) is 5.82 Å². The molecule has 3 aromatic rings. The maximum absolute atomic E-state index is 14.8. The first kappa shape index (κ1) is 25.8. The van der Waals surface area contributed by atoms with Crippen molar-refractivity contribution in [1.29, 1.82) is 0 Å². The summed E-state index contributed by atoms with van der Waals surface area (Å²) >= 11 is 0. The lowest BCUT2D eigenvalue weighted by molar-refractivity contribution is -0.131. The van der Waals surface area contributed by atoms with E-state index in [9.17, 15) is 9.18 Å². The lowest BCUT2D eigenvalue weighted by atomic mass is 9.90. The number of aromatic nitrogens is 3. The summed E-state index contributed by atoms with van der Waals surface area (Å²) in [6, 6.07) is 9.36. The minimum absolute atomic E-state index is 0.0358. The van der Waals surface area contributed by atoms with Crippen molar-refractivity contribution in [2.75, 3.05) is 24.6 Å². The molecule has 0 unspecified atom stereocenters. The van der Waals surface area contributed by atoms with Crippen LogP contribution >= 0.6 is 0 Å². The monoisotopic (exact) mass is 533 g/mol. The SMILES string of the molecule is CC(C)c1noc(N2CCC([C@H]3C[C@H]3CCOc3ccc(CC(=O)N4Cc5cccnc5C4)c(F)c3)CC2)n1. The highest BCUT2D eigenvalue weighted by Gasteiger charge is 2.43. The van der Waals surface area contributed by atoms with Gasteiger partial charge in [0.2, 0.25) is 5.91 Å². The maximum atomic E-state index is 14.8. The van der Waals surface area contributed by atoms with E-state index < -0.39 is 5.82 Å². The predicted octanol–water partition coefficient (Wildman–Crippen LogP) is 5.13. The van der Waals surface area contributed by atoms with Gasteiger partial charge in [-0.3, -0.25) is 9.78 Å². The van der Waals surface area contributed by atoms with Crippen molar-refractivity contribution in [2.45, 2.75) is 65.0 Å². The highest BCUT2D eigenvalue weighted by Crippen LogP contribution is 2.50. The van der Waals surface area contributed by atoms with Crippen LogP contribution in [-0.2, 0) is 24.3 Å². The van der Waals surface area contributed by atoms with Gasteiger partial charge in [0, 0.05) is 37.8 Å². The van der Waals surface area contributed by atoms with Gasteiger partial charge in [-0.1, -0.05) is 31.1 Å². The summed E-state index contributed by atoms with van der Waals surface area (Å²) in [7, 11) is 0. The Hall–Kier alpha value is -3.49. The molecule has 1 aromatic carbocycles. The molecular weight excluding hydrogens is 497 g/mol. The number of nitrogens with zero attached hydrogens (tertiary/aromatic N) is 5. The third kappa shape index (κ3) is 5.77. The van der Waals surface area contributed by atoms with Crippen molar-refractivity contribution in [3.05, 3.63) is 65.0 Å². The lowest BCUT2D eigenvalue weighted by Gasteiger charge is -2.30. The summed E-state index contributed by atoms with van der Waals surface area (Å²) in [6.07, 6.45) is 6.29. The van der Waals surface area contributed by atoms with Crippen LogP contribution in [0.3, 0.4) is 0 Å². The molecule has 0 spiro atoms. The van der Waals surface area contributed by atoms with Gasteiger partial charge >= 0.3 is 6.01 Å². The third-order valence-corrected chi connectivity index (χ3v) is 8.50. The smallest absolute Gasteiger partial charge is 0.324 e. The maximum Gasteiger partial charge on any atom is 0.324 e. The molecule has 1 saturated heterocycles. The van der Waals surface area contributed by atoms with Crippen molar-refractivity contribution in [3.63, 3.8) is 0 Å². The summed E-state index contributed by atoms with van der Waals surface area (Å²) in [5.41, 5.74) is 2.37. The van der Waals surface area contributed by atoms with Crippen LogP contribution in [0.4, 0.5) is 10.4 Å². The fourth-order valence-electron chi connectivity index (χ4n) is 6.03. The van der Waals surface area contributed by atoms with E-state index in [0.29, 0.717) is 42.9 Å². The van der Waals surface area contributed by atoms with Crippen LogP contribution in [0.2, 0.25) is 0 Å². The number of fused-ring (bicyclic) bond motifs is 1. The van der Waals surface area contributed by atoms with E-state index in [2.05, 4.69) is 33.9 Å². The van der Waals surface area contributed by atoms with Gasteiger partial charge in [0.05, 0.1) is 25.3 Å². The highest BCUT2D eigenvalue weighted by molar-refractivity contribution is 5.79. The van der Waals surface area contributed by atoms with E-state index in [1.54, 1.807) is 23.2 Å². The van der Waals surface area contributed by atoms with Crippen LogP contribution in [0.1, 0.15) is 68.1 Å². The highest BCUT2D eigenvalue weighted by atomic mass is 19.1. The third-order valence-electron chi connectivity index (χ3n) is 8.50. The van der Waals surface area contributed by atoms with E-state index in [0.717, 1.165) is 61.3 Å². The van der Waals surface area contributed by atoms with Gasteiger partial charge in [-0.05, 0) is 66.7 Å². The molecule has 1 amide bonds. The molecule has 3 aliphatic rings. The lowest BCUT2D eigenvalue weighted by Crippen LogP contribution is -2.34. The van der Waals surface area contributed by atoms with E-state index in [-0.39, 0.29) is 18.2 Å². The van der Waals surface area contributed by atoms with Crippen LogP contribution in [0.5, 0.6) is 5.75 Å². The molecule has 2 atom stereocenters.